The largest absolute Gasteiger partial charge is 0.454 e. The number of nitrogens with zero attached hydrogens (tertiary/aromatic N) is 2. The van der Waals surface area contributed by atoms with Gasteiger partial charge in [0.25, 0.3) is 5.89 Å². The third-order valence-electron chi connectivity index (χ3n) is 2.31. The van der Waals surface area contributed by atoms with E-state index in [1.165, 1.54) is 6.08 Å². The van der Waals surface area contributed by atoms with Gasteiger partial charge in [0.1, 0.15) is 0 Å². The zero-order chi connectivity index (χ0) is 14.5. The molecule has 0 aliphatic carbocycles. The SMILES string of the molecule is CC(C)=CC(=O)OCc1noc(-c2ccc(Cl)cc2)n1. The van der Waals surface area contributed by atoms with E-state index in [1.54, 1.807) is 24.3 Å². The zero-order valence-electron chi connectivity index (χ0n) is 11.1. The molecule has 1 aromatic heterocycles. The smallest absolute Gasteiger partial charge is 0.331 e. The van der Waals surface area contributed by atoms with E-state index < -0.39 is 5.97 Å². The number of hydrogen-bond donors (Lipinski definition) is 0. The van der Waals surface area contributed by atoms with E-state index in [0.29, 0.717) is 16.7 Å². The van der Waals surface area contributed by atoms with Gasteiger partial charge in [-0.15, -0.1) is 0 Å². The van der Waals surface area contributed by atoms with Crippen LogP contribution in [0.1, 0.15) is 19.7 Å². The van der Waals surface area contributed by atoms with Gasteiger partial charge in [-0.25, -0.2) is 4.79 Å². The number of hydrogen-bond acceptors (Lipinski definition) is 5. The maximum atomic E-state index is 11.3. The average Bonchev–Trinajstić information content (AvgIpc) is 2.85. The molecule has 0 saturated carbocycles. The highest BCUT2D eigenvalue weighted by Crippen LogP contribution is 2.19. The van der Waals surface area contributed by atoms with Crippen LogP contribution in [0.25, 0.3) is 11.5 Å². The van der Waals surface area contributed by atoms with Crippen LogP contribution in [0.4, 0.5) is 0 Å². The summed E-state index contributed by atoms with van der Waals surface area (Å²) < 4.78 is 10.1. The molecule has 0 aliphatic rings. The number of halogens is 1. The molecule has 0 unspecified atom stereocenters. The Kier molecular flexibility index (Phi) is 4.53. The first-order valence-electron chi connectivity index (χ1n) is 5.95. The first-order valence-corrected chi connectivity index (χ1v) is 6.32. The maximum absolute atomic E-state index is 11.3. The summed E-state index contributed by atoms with van der Waals surface area (Å²) in [5, 5.41) is 4.38. The van der Waals surface area contributed by atoms with E-state index in [9.17, 15) is 4.79 Å². The summed E-state index contributed by atoms with van der Waals surface area (Å²) in [6, 6.07) is 7.01. The van der Waals surface area contributed by atoms with E-state index in [2.05, 4.69) is 10.1 Å². The van der Waals surface area contributed by atoms with Crippen molar-refractivity contribution in [3.8, 4) is 11.5 Å². The predicted molar refractivity (Wildman–Crippen MR) is 74.0 cm³/mol. The molecule has 0 atom stereocenters. The third-order valence-corrected chi connectivity index (χ3v) is 2.56. The van der Waals surface area contributed by atoms with E-state index >= 15 is 0 Å². The molecule has 0 saturated heterocycles. The van der Waals surface area contributed by atoms with Crippen molar-refractivity contribution in [1.29, 1.82) is 0 Å². The van der Waals surface area contributed by atoms with Gasteiger partial charge in [0.2, 0.25) is 5.82 Å². The first kappa shape index (κ1) is 14.3. The van der Waals surface area contributed by atoms with Crippen LogP contribution in [0.5, 0.6) is 0 Å². The number of ether oxygens (including phenoxy) is 1. The predicted octanol–water partition coefficient (Wildman–Crippen LogP) is 3.40. The Morgan fingerprint density at radius 2 is 2.05 bits per heavy atom. The topological polar surface area (TPSA) is 65.2 Å². The van der Waals surface area contributed by atoms with Crippen molar-refractivity contribution in [2.45, 2.75) is 20.5 Å². The Hall–Kier alpha value is -2.14. The number of rotatable bonds is 4. The fourth-order valence-corrected chi connectivity index (χ4v) is 1.56. The van der Waals surface area contributed by atoms with Gasteiger partial charge >= 0.3 is 5.97 Å². The van der Waals surface area contributed by atoms with E-state index in [0.717, 1.165) is 11.1 Å². The Labute approximate surface area is 121 Å². The van der Waals surface area contributed by atoms with Crippen LogP contribution in [0.3, 0.4) is 0 Å². The molecule has 2 aromatic rings. The second-order valence-corrected chi connectivity index (χ2v) is 4.79. The summed E-state index contributed by atoms with van der Waals surface area (Å²) in [4.78, 5) is 15.5. The van der Waals surface area contributed by atoms with Gasteiger partial charge in [0.05, 0.1) is 0 Å². The minimum Gasteiger partial charge on any atom is -0.454 e. The summed E-state index contributed by atoms with van der Waals surface area (Å²) in [5.74, 6) is 0.239. The van der Waals surface area contributed by atoms with Gasteiger partial charge in [-0.3, -0.25) is 0 Å². The first-order chi connectivity index (χ1) is 9.54. The highest BCUT2D eigenvalue weighted by Gasteiger charge is 2.10. The fourth-order valence-electron chi connectivity index (χ4n) is 1.44. The molecule has 1 aromatic carbocycles. The molecule has 0 N–H and O–H groups in total. The lowest BCUT2D eigenvalue weighted by Crippen LogP contribution is -2.02. The molecule has 2 rings (SSSR count). The molecule has 104 valence electrons. The highest BCUT2D eigenvalue weighted by molar-refractivity contribution is 6.30. The minimum atomic E-state index is -0.428. The molecule has 5 nitrogen and oxygen atoms in total. The van der Waals surface area contributed by atoms with Gasteiger partial charge in [-0.1, -0.05) is 22.3 Å². The summed E-state index contributed by atoms with van der Waals surface area (Å²) in [6.07, 6.45) is 1.40. The Morgan fingerprint density at radius 3 is 2.70 bits per heavy atom. The van der Waals surface area contributed by atoms with Crippen LogP contribution < -0.4 is 0 Å². The summed E-state index contributed by atoms with van der Waals surface area (Å²) in [7, 11) is 0. The lowest BCUT2D eigenvalue weighted by molar-refractivity contribution is -0.139. The van der Waals surface area contributed by atoms with Crippen LogP contribution in [0, 0.1) is 0 Å². The monoisotopic (exact) mass is 292 g/mol. The standard InChI is InChI=1S/C14H13ClN2O3/c1-9(2)7-13(18)19-8-12-16-14(20-17-12)10-3-5-11(15)6-4-10/h3-7H,8H2,1-2H3. The van der Waals surface area contributed by atoms with E-state index in [-0.39, 0.29) is 6.61 Å². The van der Waals surface area contributed by atoms with Gasteiger partial charge < -0.3 is 9.26 Å². The van der Waals surface area contributed by atoms with Crippen LogP contribution >= 0.6 is 11.6 Å². The summed E-state index contributed by atoms with van der Waals surface area (Å²) >= 11 is 5.80. The third kappa shape index (κ3) is 3.93. The van der Waals surface area contributed by atoms with Crippen molar-refractivity contribution in [3.05, 3.63) is 46.8 Å². The zero-order valence-corrected chi connectivity index (χ0v) is 11.8. The molecule has 0 aliphatic heterocycles. The van der Waals surface area contributed by atoms with Gasteiger partial charge in [0, 0.05) is 16.7 Å². The molecule has 0 amide bonds. The molecule has 0 spiro atoms. The molecule has 0 radical (unpaired) electrons. The highest BCUT2D eigenvalue weighted by atomic mass is 35.5. The van der Waals surface area contributed by atoms with Crippen LogP contribution in [0.15, 0.2) is 40.4 Å². The Balaban J connectivity index is 2.01. The summed E-state index contributed by atoms with van der Waals surface area (Å²) in [6.45, 7) is 3.60. The van der Waals surface area contributed by atoms with Gasteiger partial charge in [-0.05, 0) is 38.1 Å². The molecule has 20 heavy (non-hydrogen) atoms. The average molecular weight is 293 g/mol. The van der Waals surface area contributed by atoms with Crippen molar-refractivity contribution < 1.29 is 14.1 Å². The Morgan fingerprint density at radius 1 is 1.35 bits per heavy atom. The second kappa shape index (κ2) is 6.34. The van der Waals surface area contributed by atoms with E-state index in [1.807, 2.05) is 13.8 Å². The van der Waals surface area contributed by atoms with Gasteiger partial charge in [0.15, 0.2) is 6.61 Å². The number of allylic oxidation sites excluding steroid dienone is 1. The number of benzene rings is 1. The second-order valence-electron chi connectivity index (χ2n) is 4.35. The normalized spacial score (nSPS) is 10.2. The molecule has 0 bridgehead atoms. The lowest BCUT2D eigenvalue weighted by Gasteiger charge is -1.97. The van der Waals surface area contributed by atoms with E-state index in [4.69, 9.17) is 20.9 Å². The molecule has 1 heterocycles. The van der Waals surface area contributed by atoms with Crippen LogP contribution in [-0.4, -0.2) is 16.1 Å². The summed E-state index contributed by atoms with van der Waals surface area (Å²) in [5.41, 5.74) is 1.62. The quantitative estimate of drug-likeness (QED) is 0.638. The molecule has 6 heteroatoms. The van der Waals surface area contributed by atoms with Gasteiger partial charge in [-0.2, -0.15) is 4.98 Å². The Bertz CT molecular complexity index is 628. The van der Waals surface area contributed by atoms with Crippen LogP contribution in [-0.2, 0) is 16.1 Å². The fraction of sp³-hybridized carbons (Fsp3) is 0.214. The minimum absolute atomic E-state index is 0.0281. The van der Waals surface area contributed by atoms with Crippen molar-refractivity contribution in [3.63, 3.8) is 0 Å². The van der Waals surface area contributed by atoms with Crippen molar-refractivity contribution in [2.75, 3.05) is 0 Å². The number of aromatic nitrogens is 2. The number of carbonyl (C=O) groups is 1. The maximum Gasteiger partial charge on any atom is 0.331 e. The van der Waals surface area contributed by atoms with Crippen molar-refractivity contribution >= 4 is 17.6 Å². The molecular weight excluding hydrogens is 280 g/mol. The van der Waals surface area contributed by atoms with Crippen LogP contribution in [0.2, 0.25) is 5.02 Å². The number of esters is 1. The molecular formula is C14H13ClN2O3. The number of carbonyl (C=O) groups excluding carboxylic acids is 1. The van der Waals surface area contributed by atoms with Crippen molar-refractivity contribution in [1.82, 2.24) is 10.1 Å². The molecule has 0 fully saturated rings. The lowest BCUT2D eigenvalue weighted by atomic mass is 10.2. The van der Waals surface area contributed by atoms with Crippen molar-refractivity contribution in [2.24, 2.45) is 0 Å².